The number of thiophene rings is 1. The zero-order valence-corrected chi connectivity index (χ0v) is 16.3. The predicted octanol–water partition coefficient (Wildman–Crippen LogP) is 4.81. The molecule has 0 fully saturated rings. The summed E-state index contributed by atoms with van der Waals surface area (Å²) in [5.74, 6) is 0.297. The first kappa shape index (κ1) is 18.4. The van der Waals surface area contributed by atoms with Gasteiger partial charge in [-0.2, -0.15) is 0 Å². The second-order valence-electron chi connectivity index (χ2n) is 5.75. The average molecular weight is 388 g/mol. The number of nitrogens with one attached hydrogen (secondary N) is 2. The van der Waals surface area contributed by atoms with Crippen molar-refractivity contribution in [3.63, 3.8) is 0 Å². The molecular weight excluding hydrogens is 366 g/mol. The lowest BCUT2D eigenvalue weighted by molar-refractivity contribution is 0.603. The summed E-state index contributed by atoms with van der Waals surface area (Å²) < 4.78 is 27.7. The Morgan fingerprint density at radius 2 is 1.81 bits per heavy atom. The van der Waals surface area contributed by atoms with Crippen molar-refractivity contribution >= 4 is 38.6 Å². The van der Waals surface area contributed by atoms with Crippen LogP contribution in [0.2, 0.25) is 0 Å². The first-order chi connectivity index (χ1) is 12.5. The number of benzene rings is 1. The highest BCUT2D eigenvalue weighted by Gasteiger charge is 2.17. The Kier molecular flexibility index (Phi) is 5.58. The molecule has 7 heteroatoms. The minimum Gasteiger partial charge on any atom is -0.354 e. The molecule has 3 aromatic rings. The normalized spacial score (nSPS) is 11.3. The van der Waals surface area contributed by atoms with Crippen molar-refractivity contribution < 1.29 is 8.42 Å². The Bertz CT molecular complexity index is 980. The van der Waals surface area contributed by atoms with E-state index < -0.39 is 10.0 Å². The summed E-state index contributed by atoms with van der Waals surface area (Å²) >= 11 is 1.28. The SMILES string of the molecule is CCc1ccc(S(=O)(=O)Nc2ccc(Nc3ccccc3CC)cn2)s1. The van der Waals surface area contributed by atoms with Crippen LogP contribution in [-0.2, 0) is 22.9 Å². The molecule has 0 aliphatic rings. The molecule has 136 valence electrons. The third-order valence-corrected chi connectivity index (χ3v) is 7.01. The largest absolute Gasteiger partial charge is 0.354 e. The number of nitrogens with zero attached hydrogens (tertiary/aromatic N) is 1. The van der Waals surface area contributed by atoms with Gasteiger partial charge in [0.1, 0.15) is 10.0 Å². The Morgan fingerprint density at radius 1 is 1.00 bits per heavy atom. The van der Waals surface area contributed by atoms with Crippen LogP contribution in [0.4, 0.5) is 17.2 Å². The molecule has 2 N–H and O–H groups in total. The summed E-state index contributed by atoms with van der Waals surface area (Å²) in [6, 6.07) is 15.0. The van der Waals surface area contributed by atoms with Gasteiger partial charge in [0.2, 0.25) is 0 Å². The van der Waals surface area contributed by atoms with Crippen LogP contribution in [0.5, 0.6) is 0 Å². The summed E-state index contributed by atoms with van der Waals surface area (Å²) in [7, 11) is -3.60. The van der Waals surface area contributed by atoms with Crippen LogP contribution in [0.1, 0.15) is 24.3 Å². The molecule has 2 aromatic heterocycles. The quantitative estimate of drug-likeness (QED) is 0.610. The van der Waals surface area contributed by atoms with Gasteiger partial charge in [0.25, 0.3) is 10.0 Å². The van der Waals surface area contributed by atoms with E-state index in [1.165, 1.54) is 16.9 Å². The number of aromatic nitrogens is 1. The number of aryl methyl sites for hydroxylation is 2. The minimum atomic E-state index is -3.60. The molecule has 0 bridgehead atoms. The van der Waals surface area contributed by atoms with E-state index in [2.05, 4.69) is 28.0 Å². The maximum atomic E-state index is 12.4. The molecule has 5 nitrogen and oxygen atoms in total. The molecule has 2 heterocycles. The fourth-order valence-corrected chi connectivity index (χ4v) is 4.82. The molecule has 0 spiro atoms. The highest BCUT2D eigenvalue weighted by atomic mass is 32.2. The van der Waals surface area contributed by atoms with Crippen molar-refractivity contribution in [1.82, 2.24) is 4.98 Å². The summed E-state index contributed by atoms with van der Waals surface area (Å²) in [5.41, 5.74) is 3.04. The molecule has 0 aliphatic carbocycles. The number of pyridine rings is 1. The number of rotatable bonds is 7. The van der Waals surface area contributed by atoms with E-state index in [4.69, 9.17) is 0 Å². The third-order valence-electron chi connectivity index (χ3n) is 3.93. The molecule has 1 aromatic carbocycles. The van der Waals surface area contributed by atoms with Gasteiger partial charge < -0.3 is 5.32 Å². The molecule has 0 radical (unpaired) electrons. The van der Waals surface area contributed by atoms with E-state index in [1.54, 1.807) is 18.3 Å². The first-order valence-electron chi connectivity index (χ1n) is 8.44. The van der Waals surface area contributed by atoms with Crippen molar-refractivity contribution in [2.45, 2.75) is 30.9 Å². The van der Waals surface area contributed by atoms with E-state index in [0.29, 0.717) is 10.0 Å². The molecule has 0 saturated heterocycles. The molecular formula is C19H21N3O2S2. The zero-order chi connectivity index (χ0) is 18.6. The second kappa shape index (κ2) is 7.88. The predicted molar refractivity (Wildman–Crippen MR) is 108 cm³/mol. The van der Waals surface area contributed by atoms with Gasteiger partial charge in [0.05, 0.1) is 11.9 Å². The van der Waals surface area contributed by atoms with Gasteiger partial charge in [0.15, 0.2) is 0 Å². The molecule has 3 rings (SSSR count). The molecule has 0 amide bonds. The third kappa shape index (κ3) is 4.23. The van der Waals surface area contributed by atoms with Gasteiger partial charge in [0, 0.05) is 10.6 Å². The molecule has 0 atom stereocenters. The van der Waals surface area contributed by atoms with Crippen molar-refractivity contribution in [3.8, 4) is 0 Å². The van der Waals surface area contributed by atoms with Crippen molar-refractivity contribution in [2.75, 3.05) is 10.0 Å². The molecule has 0 unspecified atom stereocenters. The summed E-state index contributed by atoms with van der Waals surface area (Å²) in [4.78, 5) is 5.25. The molecule has 26 heavy (non-hydrogen) atoms. The lowest BCUT2D eigenvalue weighted by Gasteiger charge is -2.11. The second-order valence-corrected chi connectivity index (χ2v) is 8.83. The lowest BCUT2D eigenvalue weighted by Crippen LogP contribution is -2.12. The Balaban J connectivity index is 1.73. The first-order valence-corrected chi connectivity index (χ1v) is 10.7. The summed E-state index contributed by atoms with van der Waals surface area (Å²) in [6.45, 7) is 4.10. The maximum absolute atomic E-state index is 12.4. The molecule has 0 aliphatic heterocycles. The van der Waals surface area contributed by atoms with Crippen LogP contribution >= 0.6 is 11.3 Å². The number of anilines is 3. The number of sulfonamides is 1. The highest BCUT2D eigenvalue weighted by molar-refractivity contribution is 7.94. The lowest BCUT2D eigenvalue weighted by atomic mass is 10.1. The Morgan fingerprint density at radius 3 is 2.46 bits per heavy atom. The monoisotopic (exact) mass is 387 g/mol. The van der Waals surface area contributed by atoms with E-state index in [0.717, 1.165) is 29.1 Å². The summed E-state index contributed by atoms with van der Waals surface area (Å²) in [5, 5.41) is 3.32. The van der Waals surface area contributed by atoms with E-state index in [-0.39, 0.29) is 0 Å². The van der Waals surface area contributed by atoms with Gasteiger partial charge >= 0.3 is 0 Å². The average Bonchev–Trinajstić information content (AvgIpc) is 3.14. The van der Waals surface area contributed by atoms with Gasteiger partial charge in [-0.15, -0.1) is 11.3 Å². The Labute approximate surface area is 158 Å². The van der Waals surface area contributed by atoms with E-state index in [1.807, 2.05) is 37.3 Å². The van der Waals surface area contributed by atoms with Crippen LogP contribution in [0.25, 0.3) is 0 Å². The fourth-order valence-electron chi connectivity index (χ4n) is 2.51. The topological polar surface area (TPSA) is 71.1 Å². The summed E-state index contributed by atoms with van der Waals surface area (Å²) in [6.07, 6.45) is 3.36. The number of para-hydroxylation sites is 1. The zero-order valence-electron chi connectivity index (χ0n) is 14.7. The van der Waals surface area contributed by atoms with Crippen LogP contribution < -0.4 is 10.0 Å². The van der Waals surface area contributed by atoms with Crippen LogP contribution in [-0.4, -0.2) is 13.4 Å². The Hall–Kier alpha value is -2.38. The fraction of sp³-hybridized carbons (Fsp3) is 0.211. The van der Waals surface area contributed by atoms with Crippen molar-refractivity contribution in [3.05, 3.63) is 65.2 Å². The van der Waals surface area contributed by atoms with Gasteiger partial charge in [-0.25, -0.2) is 13.4 Å². The van der Waals surface area contributed by atoms with E-state index >= 15 is 0 Å². The number of hydrogen-bond acceptors (Lipinski definition) is 5. The number of hydrogen-bond donors (Lipinski definition) is 2. The maximum Gasteiger partial charge on any atom is 0.272 e. The van der Waals surface area contributed by atoms with Crippen LogP contribution in [0, 0.1) is 0 Å². The van der Waals surface area contributed by atoms with Gasteiger partial charge in [-0.1, -0.05) is 32.0 Å². The van der Waals surface area contributed by atoms with Gasteiger partial charge in [-0.05, 0) is 48.7 Å². The van der Waals surface area contributed by atoms with Crippen LogP contribution in [0.3, 0.4) is 0 Å². The van der Waals surface area contributed by atoms with Crippen LogP contribution in [0.15, 0.2) is 58.9 Å². The standard InChI is InChI=1S/C19H21N3O2S2/c1-3-14-7-5-6-8-17(14)21-15-9-11-18(20-13-15)22-26(23,24)19-12-10-16(4-2)25-19/h5-13,21H,3-4H2,1-2H3,(H,20,22). The van der Waals surface area contributed by atoms with Crippen molar-refractivity contribution in [2.24, 2.45) is 0 Å². The smallest absolute Gasteiger partial charge is 0.272 e. The van der Waals surface area contributed by atoms with Crippen molar-refractivity contribution in [1.29, 1.82) is 0 Å². The highest BCUT2D eigenvalue weighted by Crippen LogP contribution is 2.25. The van der Waals surface area contributed by atoms with Gasteiger partial charge in [-0.3, -0.25) is 4.72 Å². The molecule has 0 saturated carbocycles. The van der Waals surface area contributed by atoms with E-state index in [9.17, 15) is 8.42 Å². The minimum absolute atomic E-state index is 0.297.